The highest BCUT2D eigenvalue weighted by Crippen LogP contribution is 2.33. The summed E-state index contributed by atoms with van der Waals surface area (Å²) in [5, 5.41) is 3.76. The third-order valence-electron chi connectivity index (χ3n) is 5.77. The van der Waals surface area contributed by atoms with E-state index in [1.165, 1.54) is 12.1 Å². The quantitative estimate of drug-likeness (QED) is 0.340. The molecule has 0 aliphatic carbocycles. The number of hydrogen-bond donors (Lipinski definition) is 3. The summed E-state index contributed by atoms with van der Waals surface area (Å²) in [5.74, 6) is 0.147. The second-order valence-electron chi connectivity index (χ2n) is 8.29. The van der Waals surface area contributed by atoms with Gasteiger partial charge in [0.1, 0.15) is 17.3 Å². The van der Waals surface area contributed by atoms with E-state index < -0.39 is 11.5 Å². The lowest BCUT2D eigenvalue weighted by Gasteiger charge is -2.42. The summed E-state index contributed by atoms with van der Waals surface area (Å²) < 4.78 is 13.6. The van der Waals surface area contributed by atoms with Crippen LogP contribution >= 0.6 is 11.6 Å². The van der Waals surface area contributed by atoms with Crippen LogP contribution in [0.4, 0.5) is 15.8 Å². The smallest absolute Gasteiger partial charge is 0.148 e. The summed E-state index contributed by atoms with van der Waals surface area (Å²) in [5.41, 5.74) is 11.9. The number of hydrogen-bond acceptors (Lipinski definition) is 4. The molecule has 7 heteroatoms. The largest absolute Gasteiger partial charge is 0.362 e. The molecule has 3 aromatic carbocycles. The van der Waals surface area contributed by atoms with Gasteiger partial charge in [0.2, 0.25) is 0 Å². The van der Waals surface area contributed by atoms with Crippen molar-refractivity contribution in [1.82, 2.24) is 15.8 Å². The molecule has 0 bridgehead atoms. The highest BCUT2D eigenvalue weighted by Gasteiger charge is 2.39. The third-order valence-corrected chi connectivity index (χ3v) is 6.06. The van der Waals surface area contributed by atoms with Gasteiger partial charge in [-0.1, -0.05) is 48.0 Å². The van der Waals surface area contributed by atoms with Crippen molar-refractivity contribution < 1.29 is 4.39 Å². The Balaban J connectivity index is 1.61. The van der Waals surface area contributed by atoms with Gasteiger partial charge in [0.05, 0.1) is 10.7 Å². The lowest BCUT2D eigenvalue weighted by molar-refractivity contribution is 0.346. The van der Waals surface area contributed by atoms with Crippen molar-refractivity contribution in [2.24, 2.45) is 4.99 Å². The SMILES string of the molecule is Cc1cccc(NC2(Cc3ccncc3)NNC(=Nc3ccc(F)c(Cl)c3)c3ccccc32)c1. The first-order valence-electron chi connectivity index (χ1n) is 10.9. The number of aryl methyl sites for hydroxylation is 1. The van der Waals surface area contributed by atoms with Gasteiger partial charge in [-0.05, 0) is 60.5 Å². The Kier molecular flexibility index (Phi) is 6.01. The van der Waals surface area contributed by atoms with Crippen molar-refractivity contribution in [3.05, 3.63) is 124 Å². The maximum atomic E-state index is 13.6. The molecule has 1 aromatic heterocycles. The molecule has 0 fully saturated rings. The zero-order valence-electron chi connectivity index (χ0n) is 18.5. The van der Waals surface area contributed by atoms with Crippen LogP contribution in [0.25, 0.3) is 0 Å². The fourth-order valence-corrected chi connectivity index (χ4v) is 4.37. The molecular formula is C27H23ClFN5. The first-order valence-corrected chi connectivity index (χ1v) is 11.3. The minimum Gasteiger partial charge on any atom is -0.362 e. The highest BCUT2D eigenvalue weighted by atomic mass is 35.5. The second-order valence-corrected chi connectivity index (χ2v) is 8.69. The molecule has 1 aliphatic heterocycles. The standard InChI is InChI=1S/C27H23ClFN5/c1-18-5-4-6-21(15-18)32-27(17-19-11-13-30-14-12-19)23-8-3-2-7-22(23)26(33-34-27)31-20-9-10-25(29)24(28)16-20/h2-16,32,34H,17H2,1H3,(H,31,33). The van der Waals surface area contributed by atoms with E-state index in [0.717, 1.165) is 27.9 Å². The van der Waals surface area contributed by atoms with Gasteiger partial charge in [-0.3, -0.25) is 4.98 Å². The van der Waals surface area contributed by atoms with Crippen molar-refractivity contribution >= 4 is 28.8 Å². The average molecular weight is 472 g/mol. The van der Waals surface area contributed by atoms with Crippen molar-refractivity contribution in [1.29, 1.82) is 0 Å². The van der Waals surface area contributed by atoms with Gasteiger partial charge in [-0.15, -0.1) is 0 Å². The molecule has 5 rings (SSSR count). The van der Waals surface area contributed by atoms with Crippen LogP contribution in [0.15, 0.2) is 96.2 Å². The van der Waals surface area contributed by atoms with E-state index in [1.54, 1.807) is 18.5 Å². The molecular weight excluding hydrogens is 449 g/mol. The summed E-state index contributed by atoms with van der Waals surface area (Å²) in [7, 11) is 0. The normalized spacial score (nSPS) is 18.3. The predicted octanol–water partition coefficient (Wildman–Crippen LogP) is 5.88. The zero-order chi connectivity index (χ0) is 23.5. The van der Waals surface area contributed by atoms with Gasteiger partial charge >= 0.3 is 0 Å². The predicted molar refractivity (Wildman–Crippen MR) is 135 cm³/mol. The number of nitrogens with one attached hydrogen (secondary N) is 3. The molecule has 0 saturated heterocycles. The lowest BCUT2D eigenvalue weighted by Crippen LogP contribution is -2.62. The molecule has 1 unspecified atom stereocenters. The van der Waals surface area contributed by atoms with Crippen molar-refractivity contribution in [2.75, 3.05) is 5.32 Å². The van der Waals surface area contributed by atoms with Crippen LogP contribution in [-0.4, -0.2) is 10.8 Å². The number of benzene rings is 3. The zero-order valence-corrected chi connectivity index (χ0v) is 19.3. The molecule has 0 spiro atoms. The number of anilines is 1. The summed E-state index contributed by atoms with van der Waals surface area (Å²) in [6.07, 6.45) is 4.23. The van der Waals surface area contributed by atoms with E-state index >= 15 is 0 Å². The molecule has 3 N–H and O–H groups in total. The van der Waals surface area contributed by atoms with Gasteiger partial charge < -0.3 is 10.7 Å². The minimum absolute atomic E-state index is 0.0343. The van der Waals surface area contributed by atoms with E-state index in [0.29, 0.717) is 17.9 Å². The number of aliphatic imine (C=N–C) groups is 1. The van der Waals surface area contributed by atoms with Crippen LogP contribution < -0.4 is 16.2 Å². The number of halogens is 2. The summed E-state index contributed by atoms with van der Waals surface area (Å²) >= 11 is 5.97. The number of hydrazine groups is 1. The Morgan fingerprint density at radius 3 is 2.62 bits per heavy atom. The number of pyridine rings is 1. The fraction of sp³-hybridized carbons (Fsp3) is 0.111. The summed E-state index contributed by atoms with van der Waals surface area (Å²) in [4.78, 5) is 8.87. The van der Waals surface area contributed by atoms with Gasteiger partial charge in [-0.25, -0.2) is 14.8 Å². The molecule has 2 heterocycles. The summed E-state index contributed by atoms with van der Waals surface area (Å²) in [6.45, 7) is 2.07. The van der Waals surface area contributed by atoms with Crippen molar-refractivity contribution in [2.45, 2.75) is 19.0 Å². The first-order chi connectivity index (χ1) is 16.5. The lowest BCUT2D eigenvalue weighted by atomic mass is 9.87. The molecule has 170 valence electrons. The number of amidine groups is 1. The van der Waals surface area contributed by atoms with Gasteiger partial charge in [0.25, 0.3) is 0 Å². The van der Waals surface area contributed by atoms with Crippen LogP contribution in [0.1, 0.15) is 22.3 Å². The number of fused-ring (bicyclic) bond motifs is 1. The van der Waals surface area contributed by atoms with Crippen LogP contribution in [0.5, 0.6) is 0 Å². The minimum atomic E-state index is -0.675. The van der Waals surface area contributed by atoms with Crippen molar-refractivity contribution in [3.8, 4) is 0 Å². The van der Waals surface area contributed by atoms with E-state index in [-0.39, 0.29) is 5.02 Å². The maximum absolute atomic E-state index is 13.6. The molecule has 0 amide bonds. The monoisotopic (exact) mass is 471 g/mol. The van der Waals surface area contributed by atoms with Crippen LogP contribution in [0.2, 0.25) is 5.02 Å². The van der Waals surface area contributed by atoms with Gasteiger partial charge in [0.15, 0.2) is 0 Å². The topological polar surface area (TPSA) is 61.3 Å². The molecule has 0 radical (unpaired) electrons. The van der Waals surface area contributed by atoms with Gasteiger partial charge in [-0.2, -0.15) is 0 Å². The Bertz CT molecular complexity index is 1360. The molecule has 34 heavy (non-hydrogen) atoms. The first kappa shape index (κ1) is 22.1. The molecule has 5 nitrogen and oxygen atoms in total. The second kappa shape index (κ2) is 9.25. The summed E-state index contributed by atoms with van der Waals surface area (Å²) in [6, 6.07) is 24.8. The Morgan fingerprint density at radius 1 is 1.00 bits per heavy atom. The highest BCUT2D eigenvalue weighted by molar-refractivity contribution is 6.31. The number of nitrogens with zero attached hydrogens (tertiary/aromatic N) is 2. The Hall–Kier alpha value is -3.74. The molecule has 1 atom stereocenters. The molecule has 1 aliphatic rings. The van der Waals surface area contributed by atoms with E-state index in [2.05, 4.69) is 52.3 Å². The Morgan fingerprint density at radius 2 is 1.82 bits per heavy atom. The van der Waals surface area contributed by atoms with Crippen LogP contribution in [-0.2, 0) is 12.1 Å². The van der Waals surface area contributed by atoms with Crippen molar-refractivity contribution in [3.63, 3.8) is 0 Å². The molecule has 4 aromatic rings. The van der Waals surface area contributed by atoms with Crippen LogP contribution in [0, 0.1) is 12.7 Å². The van der Waals surface area contributed by atoms with Gasteiger partial charge in [0, 0.05) is 35.6 Å². The van der Waals surface area contributed by atoms with E-state index in [1.807, 2.05) is 36.4 Å². The van der Waals surface area contributed by atoms with E-state index in [9.17, 15) is 4.39 Å². The fourth-order valence-electron chi connectivity index (χ4n) is 4.19. The average Bonchev–Trinajstić information content (AvgIpc) is 2.84. The van der Waals surface area contributed by atoms with Crippen LogP contribution in [0.3, 0.4) is 0 Å². The third kappa shape index (κ3) is 4.51. The van der Waals surface area contributed by atoms with E-state index in [4.69, 9.17) is 16.6 Å². The number of aromatic nitrogens is 1. The maximum Gasteiger partial charge on any atom is 0.148 e. The molecule has 0 saturated carbocycles. The number of rotatable bonds is 5. The Labute approximate surface area is 202 Å².